The Balaban J connectivity index is 1.55. The van der Waals surface area contributed by atoms with E-state index in [0.717, 1.165) is 5.56 Å². The Labute approximate surface area is 172 Å². The summed E-state index contributed by atoms with van der Waals surface area (Å²) >= 11 is 0. The van der Waals surface area contributed by atoms with E-state index in [4.69, 9.17) is 0 Å². The van der Waals surface area contributed by atoms with Crippen LogP contribution < -0.4 is 5.32 Å². The van der Waals surface area contributed by atoms with Crippen LogP contribution in [0.4, 0.5) is 4.39 Å². The molecule has 0 radical (unpaired) electrons. The number of nitrogens with one attached hydrogen (secondary N) is 1. The first-order valence-electron chi connectivity index (χ1n) is 9.89. The molecule has 2 aromatic carbocycles. The molecular weight excluding hydrogens is 391 g/mol. The van der Waals surface area contributed by atoms with E-state index >= 15 is 0 Å². The van der Waals surface area contributed by atoms with Crippen molar-refractivity contribution in [2.24, 2.45) is 5.92 Å². The van der Waals surface area contributed by atoms with Crippen LogP contribution in [0, 0.1) is 11.7 Å². The highest BCUT2D eigenvalue weighted by Gasteiger charge is 2.32. The van der Waals surface area contributed by atoms with Crippen molar-refractivity contribution in [3.63, 3.8) is 0 Å². The van der Waals surface area contributed by atoms with Gasteiger partial charge in [-0.05, 0) is 54.2 Å². The number of amides is 1. The van der Waals surface area contributed by atoms with Crippen molar-refractivity contribution < 1.29 is 17.6 Å². The molecule has 1 saturated heterocycles. The third kappa shape index (κ3) is 5.22. The van der Waals surface area contributed by atoms with Gasteiger partial charge in [-0.3, -0.25) is 4.79 Å². The molecule has 3 rings (SSSR count). The normalized spacial score (nSPS) is 16.1. The van der Waals surface area contributed by atoms with E-state index in [9.17, 15) is 17.6 Å². The summed E-state index contributed by atoms with van der Waals surface area (Å²) < 4.78 is 40.4. The minimum Gasteiger partial charge on any atom is -0.352 e. The van der Waals surface area contributed by atoms with Crippen LogP contribution in [0.25, 0.3) is 0 Å². The minimum atomic E-state index is -3.55. The third-order valence-electron chi connectivity index (χ3n) is 5.37. The molecule has 0 bridgehead atoms. The summed E-state index contributed by atoms with van der Waals surface area (Å²) in [6, 6.07) is 13.1. The fourth-order valence-electron chi connectivity index (χ4n) is 3.51. The predicted molar refractivity (Wildman–Crippen MR) is 110 cm³/mol. The molecule has 0 aromatic heterocycles. The fourth-order valence-corrected chi connectivity index (χ4v) is 4.98. The van der Waals surface area contributed by atoms with E-state index in [1.165, 1.54) is 16.4 Å². The van der Waals surface area contributed by atoms with E-state index in [-0.39, 0.29) is 29.1 Å². The number of benzene rings is 2. The second kappa shape index (κ2) is 9.05. The van der Waals surface area contributed by atoms with E-state index in [0.29, 0.717) is 37.4 Å². The Morgan fingerprint density at radius 2 is 1.79 bits per heavy atom. The Hall–Kier alpha value is -2.25. The first kappa shape index (κ1) is 21.5. The molecule has 1 fully saturated rings. The van der Waals surface area contributed by atoms with Crippen molar-refractivity contribution >= 4 is 15.9 Å². The van der Waals surface area contributed by atoms with Crippen LogP contribution in [0.3, 0.4) is 0 Å². The number of carbonyl (C=O) groups is 1. The molecule has 1 amide bonds. The van der Waals surface area contributed by atoms with Crippen molar-refractivity contribution in [2.45, 2.75) is 44.0 Å². The van der Waals surface area contributed by atoms with Crippen LogP contribution >= 0.6 is 0 Å². The smallest absolute Gasteiger partial charge is 0.243 e. The number of halogens is 1. The Morgan fingerprint density at radius 3 is 2.38 bits per heavy atom. The van der Waals surface area contributed by atoms with Gasteiger partial charge in [-0.25, -0.2) is 12.8 Å². The highest BCUT2D eigenvalue weighted by Crippen LogP contribution is 2.25. The minimum absolute atomic E-state index is 0.118. The van der Waals surface area contributed by atoms with E-state index in [1.807, 2.05) is 12.1 Å². The molecule has 5 nitrogen and oxygen atoms in total. The zero-order valence-corrected chi connectivity index (χ0v) is 17.6. The second-order valence-corrected chi connectivity index (χ2v) is 9.69. The van der Waals surface area contributed by atoms with E-state index in [2.05, 4.69) is 19.2 Å². The lowest BCUT2D eigenvalue weighted by Gasteiger charge is -2.30. The lowest BCUT2D eigenvalue weighted by molar-refractivity contribution is -0.126. The monoisotopic (exact) mass is 418 g/mol. The number of hydrogen-bond donors (Lipinski definition) is 1. The van der Waals surface area contributed by atoms with Gasteiger partial charge in [0.25, 0.3) is 0 Å². The molecular formula is C22H27FN2O3S. The van der Waals surface area contributed by atoms with Gasteiger partial charge in [-0.15, -0.1) is 0 Å². The SMILES string of the molecule is CC(C)c1ccc(S(=O)(=O)N2CCC(C(=O)NCc3cccc(F)c3)CC2)cc1. The molecule has 29 heavy (non-hydrogen) atoms. The van der Waals surface area contributed by atoms with E-state index in [1.54, 1.807) is 24.3 Å². The number of nitrogens with zero attached hydrogens (tertiary/aromatic N) is 1. The molecule has 0 saturated carbocycles. The molecule has 2 aromatic rings. The lowest BCUT2D eigenvalue weighted by atomic mass is 9.97. The predicted octanol–water partition coefficient (Wildman–Crippen LogP) is 3.67. The van der Waals surface area contributed by atoms with Gasteiger partial charge in [0.1, 0.15) is 5.82 Å². The van der Waals surface area contributed by atoms with Crippen molar-refractivity contribution in [1.82, 2.24) is 9.62 Å². The van der Waals surface area contributed by atoms with Gasteiger partial charge in [0.15, 0.2) is 0 Å². The van der Waals surface area contributed by atoms with Crippen molar-refractivity contribution in [3.05, 3.63) is 65.5 Å². The second-order valence-electron chi connectivity index (χ2n) is 7.75. The molecule has 0 atom stereocenters. The lowest BCUT2D eigenvalue weighted by Crippen LogP contribution is -2.42. The number of sulfonamides is 1. The number of hydrogen-bond acceptors (Lipinski definition) is 3. The van der Waals surface area contributed by atoms with Crippen LogP contribution in [0.2, 0.25) is 0 Å². The van der Waals surface area contributed by atoms with Crippen LogP contribution in [0.5, 0.6) is 0 Å². The molecule has 1 aliphatic rings. The highest BCUT2D eigenvalue weighted by molar-refractivity contribution is 7.89. The topological polar surface area (TPSA) is 66.5 Å². The zero-order chi connectivity index (χ0) is 21.0. The van der Waals surface area contributed by atoms with Crippen LogP contribution in [0.1, 0.15) is 43.7 Å². The van der Waals surface area contributed by atoms with Crippen LogP contribution in [-0.4, -0.2) is 31.7 Å². The Morgan fingerprint density at radius 1 is 1.14 bits per heavy atom. The molecule has 0 aliphatic carbocycles. The molecule has 0 spiro atoms. The largest absolute Gasteiger partial charge is 0.352 e. The summed E-state index contributed by atoms with van der Waals surface area (Å²) in [4.78, 5) is 12.7. The van der Waals surface area contributed by atoms with Crippen molar-refractivity contribution in [2.75, 3.05) is 13.1 Å². The summed E-state index contributed by atoms with van der Waals surface area (Å²) in [5, 5.41) is 2.82. The third-order valence-corrected chi connectivity index (χ3v) is 7.28. The van der Waals surface area contributed by atoms with Gasteiger partial charge >= 0.3 is 0 Å². The Kier molecular flexibility index (Phi) is 6.70. The molecule has 156 valence electrons. The molecule has 0 unspecified atom stereocenters. The summed E-state index contributed by atoms with van der Waals surface area (Å²) in [7, 11) is -3.55. The first-order valence-corrected chi connectivity index (χ1v) is 11.3. The van der Waals surface area contributed by atoms with Crippen molar-refractivity contribution in [3.8, 4) is 0 Å². The summed E-state index contributed by atoms with van der Waals surface area (Å²) in [5.74, 6) is -0.351. The molecule has 1 heterocycles. The fraction of sp³-hybridized carbons (Fsp3) is 0.409. The summed E-state index contributed by atoms with van der Waals surface area (Å²) in [6.07, 6.45) is 0.941. The summed E-state index contributed by atoms with van der Waals surface area (Å²) in [6.45, 7) is 5.01. The molecule has 1 N–H and O–H groups in total. The average molecular weight is 419 g/mol. The van der Waals surface area contributed by atoms with Crippen molar-refractivity contribution in [1.29, 1.82) is 0 Å². The first-order chi connectivity index (χ1) is 13.8. The molecule has 1 aliphatic heterocycles. The van der Waals surface area contributed by atoms with Gasteiger partial charge in [-0.2, -0.15) is 4.31 Å². The zero-order valence-electron chi connectivity index (χ0n) is 16.8. The maximum absolute atomic E-state index is 13.2. The Bertz CT molecular complexity index is 950. The maximum Gasteiger partial charge on any atom is 0.243 e. The van der Waals surface area contributed by atoms with Gasteiger partial charge in [-0.1, -0.05) is 38.1 Å². The number of carbonyl (C=O) groups excluding carboxylic acids is 1. The average Bonchev–Trinajstić information content (AvgIpc) is 2.72. The number of piperidine rings is 1. The highest BCUT2D eigenvalue weighted by atomic mass is 32.2. The maximum atomic E-state index is 13.2. The van der Waals surface area contributed by atoms with Crippen LogP contribution in [0.15, 0.2) is 53.4 Å². The van der Waals surface area contributed by atoms with Gasteiger partial charge in [0.05, 0.1) is 4.90 Å². The van der Waals surface area contributed by atoms with Crippen LogP contribution in [-0.2, 0) is 21.4 Å². The van der Waals surface area contributed by atoms with Gasteiger partial charge in [0.2, 0.25) is 15.9 Å². The summed E-state index contributed by atoms with van der Waals surface area (Å²) in [5.41, 5.74) is 1.79. The molecule has 7 heteroatoms. The van der Waals surface area contributed by atoms with E-state index < -0.39 is 10.0 Å². The van der Waals surface area contributed by atoms with Gasteiger partial charge < -0.3 is 5.32 Å². The number of rotatable bonds is 6. The standard InChI is InChI=1S/C22H27FN2O3S/c1-16(2)18-6-8-21(9-7-18)29(27,28)25-12-10-19(11-13-25)22(26)24-15-17-4-3-5-20(23)14-17/h3-9,14,16,19H,10-13,15H2,1-2H3,(H,24,26). The van der Waals surface area contributed by atoms with Gasteiger partial charge in [0, 0.05) is 25.6 Å². The quantitative estimate of drug-likeness (QED) is 0.778.